The van der Waals surface area contributed by atoms with Crippen LogP contribution in [0.4, 0.5) is 11.5 Å². The molecule has 176 valence electrons. The number of nitrogens with zero attached hydrogens (tertiary/aromatic N) is 5. The number of fused-ring (bicyclic) bond motifs is 1. The molecule has 0 atom stereocenters. The van der Waals surface area contributed by atoms with Gasteiger partial charge in [-0.1, -0.05) is 17.3 Å². The van der Waals surface area contributed by atoms with E-state index >= 15 is 0 Å². The SMILES string of the molecule is CCOC(=O)c1noc2nc(C)nc(NCCCN3CCN(c4cc(C)ccc4C)CC3)c12. The number of rotatable bonds is 8. The van der Waals surface area contributed by atoms with Gasteiger partial charge in [0.2, 0.25) is 5.69 Å². The maximum absolute atomic E-state index is 12.2. The number of aryl methyl sites for hydroxylation is 3. The summed E-state index contributed by atoms with van der Waals surface area (Å²) in [7, 11) is 0. The Balaban J connectivity index is 1.31. The average Bonchev–Trinajstić information content (AvgIpc) is 3.23. The lowest BCUT2D eigenvalue weighted by Gasteiger charge is -2.37. The molecule has 0 aliphatic carbocycles. The maximum Gasteiger partial charge on any atom is 0.361 e. The molecule has 0 radical (unpaired) electrons. The molecule has 0 unspecified atom stereocenters. The number of piperazine rings is 1. The second-order valence-corrected chi connectivity index (χ2v) is 8.45. The first kappa shape index (κ1) is 23.0. The van der Waals surface area contributed by atoms with Crippen LogP contribution >= 0.6 is 0 Å². The molecule has 0 saturated carbocycles. The molecule has 3 heterocycles. The van der Waals surface area contributed by atoms with E-state index in [0.717, 1.165) is 45.7 Å². The van der Waals surface area contributed by atoms with E-state index in [-0.39, 0.29) is 18.0 Å². The summed E-state index contributed by atoms with van der Waals surface area (Å²) in [4.78, 5) is 25.9. The summed E-state index contributed by atoms with van der Waals surface area (Å²) >= 11 is 0. The fourth-order valence-electron chi connectivity index (χ4n) is 4.21. The summed E-state index contributed by atoms with van der Waals surface area (Å²) in [5, 5.41) is 7.67. The van der Waals surface area contributed by atoms with Crippen molar-refractivity contribution < 1.29 is 14.1 Å². The highest BCUT2D eigenvalue weighted by Crippen LogP contribution is 2.25. The molecule has 0 bridgehead atoms. The Morgan fingerprint density at radius 1 is 1.15 bits per heavy atom. The number of anilines is 2. The van der Waals surface area contributed by atoms with Crippen molar-refractivity contribution in [1.82, 2.24) is 20.0 Å². The lowest BCUT2D eigenvalue weighted by molar-refractivity contribution is 0.0517. The Labute approximate surface area is 194 Å². The van der Waals surface area contributed by atoms with Crippen molar-refractivity contribution in [2.24, 2.45) is 0 Å². The van der Waals surface area contributed by atoms with Gasteiger partial charge in [-0.15, -0.1) is 0 Å². The van der Waals surface area contributed by atoms with Crippen LogP contribution in [0.5, 0.6) is 0 Å². The number of nitrogens with one attached hydrogen (secondary N) is 1. The predicted molar refractivity (Wildman–Crippen MR) is 128 cm³/mol. The van der Waals surface area contributed by atoms with Crippen molar-refractivity contribution >= 4 is 28.6 Å². The van der Waals surface area contributed by atoms with Crippen LogP contribution in [0.1, 0.15) is 40.8 Å². The topological polar surface area (TPSA) is 96.6 Å². The molecule has 1 aliphatic heterocycles. The van der Waals surface area contributed by atoms with Crippen molar-refractivity contribution in [1.29, 1.82) is 0 Å². The van der Waals surface area contributed by atoms with Gasteiger partial charge < -0.3 is 19.5 Å². The van der Waals surface area contributed by atoms with E-state index in [1.54, 1.807) is 13.8 Å². The zero-order valence-corrected chi connectivity index (χ0v) is 19.8. The molecule has 3 aromatic rings. The maximum atomic E-state index is 12.2. The van der Waals surface area contributed by atoms with Gasteiger partial charge in [0.25, 0.3) is 5.71 Å². The third-order valence-electron chi connectivity index (χ3n) is 5.94. The van der Waals surface area contributed by atoms with Gasteiger partial charge in [-0.3, -0.25) is 4.90 Å². The van der Waals surface area contributed by atoms with Gasteiger partial charge in [0.1, 0.15) is 17.0 Å². The zero-order valence-electron chi connectivity index (χ0n) is 19.8. The number of esters is 1. The average molecular weight is 453 g/mol. The number of aromatic nitrogens is 3. The summed E-state index contributed by atoms with van der Waals surface area (Å²) in [6.45, 7) is 14.0. The van der Waals surface area contributed by atoms with Crippen LogP contribution in [0.3, 0.4) is 0 Å². The number of carbonyl (C=O) groups is 1. The normalized spacial score (nSPS) is 14.6. The minimum Gasteiger partial charge on any atom is -0.461 e. The smallest absolute Gasteiger partial charge is 0.361 e. The second-order valence-electron chi connectivity index (χ2n) is 8.45. The predicted octanol–water partition coefficient (Wildman–Crippen LogP) is 3.34. The van der Waals surface area contributed by atoms with Gasteiger partial charge in [0.05, 0.1) is 6.61 Å². The Hall–Kier alpha value is -3.20. The minimum absolute atomic E-state index is 0.108. The van der Waals surface area contributed by atoms with Crippen LogP contribution < -0.4 is 10.2 Å². The molecule has 1 aromatic carbocycles. The van der Waals surface area contributed by atoms with Crippen LogP contribution in [-0.2, 0) is 4.74 Å². The molecule has 1 saturated heterocycles. The van der Waals surface area contributed by atoms with Gasteiger partial charge in [-0.05, 0) is 57.9 Å². The Morgan fingerprint density at radius 3 is 2.70 bits per heavy atom. The van der Waals surface area contributed by atoms with E-state index < -0.39 is 5.97 Å². The summed E-state index contributed by atoms with van der Waals surface area (Å²) in [5.74, 6) is 0.578. The highest BCUT2D eigenvalue weighted by atomic mass is 16.5. The number of benzene rings is 1. The van der Waals surface area contributed by atoms with E-state index in [2.05, 4.69) is 62.3 Å². The zero-order chi connectivity index (χ0) is 23.4. The van der Waals surface area contributed by atoms with E-state index in [4.69, 9.17) is 9.26 Å². The van der Waals surface area contributed by atoms with Crippen LogP contribution in [0.2, 0.25) is 0 Å². The lowest BCUT2D eigenvalue weighted by atomic mass is 10.1. The van der Waals surface area contributed by atoms with Crippen molar-refractivity contribution in [3.63, 3.8) is 0 Å². The van der Waals surface area contributed by atoms with E-state index in [1.165, 1.54) is 16.8 Å². The quantitative estimate of drug-likeness (QED) is 0.408. The largest absolute Gasteiger partial charge is 0.461 e. The molecule has 33 heavy (non-hydrogen) atoms. The molecule has 0 amide bonds. The van der Waals surface area contributed by atoms with Crippen LogP contribution in [0.15, 0.2) is 22.7 Å². The van der Waals surface area contributed by atoms with Gasteiger partial charge in [-0.2, -0.15) is 4.98 Å². The van der Waals surface area contributed by atoms with Gasteiger partial charge in [0.15, 0.2) is 0 Å². The standard InChI is InChI=1S/C24H32N6O3/c1-5-32-24(31)21-20-22(26-18(4)27-23(20)33-28-21)25-9-6-10-29-11-13-30(14-12-29)19-15-16(2)7-8-17(19)3/h7-8,15H,5-6,9-14H2,1-4H3,(H,25,26,27). The molecule has 0 spiro atoms. The van der Waals surface area contributed by atoms with Crippen molar-refractivity contribution in [3.05, 3.63) is 40.8 Å². The molecule has 1 fully saturated rings. The molecular formula is C24H32N6O3. The number of hydrogen-bond acceptors (Lipinski definition) is 9. The minimum atomic E-state index is -0.534. The van der Waals surface area contributed by atoms with Crippen molar-refractivity contribution in [2.75, 3.05) is 56.1 Å². The highest BCUT2D eigenvalue weighted by molar-refractivity contribution is 6.04. The molecular weight excluding hydrogens is 420 g/mol. The van der Waals surface area contributed by atoms with Crippen LogP contribution in [0.25, 0.3) is 11.1 Å². The molecule has 2 aromatic heterocycles. The lowest BCUT2D eigenvalue weighted by Crippen LogP contribution is -2.47. The first-order valence-electron chi connectivity index (χ1n) is 11.6. The molecule has 4 rings (SSSR count). The summed E-state index contributed by atoms with van der Waals surface area (Å²) < 4.78 is 10.3. The fourth-order valence-corrected chi connectivity index (χ4v) is 4.21. The van der Waals surface area contributed by atoms with E-state index in [0.29, 0.717) is 17.0 Å². The molecule has 9 heteroatoms. The molecule has 1 N–H and O–H groups in total. The summed E-state index contributed by atoms with van der Waals surface area (Å²) in [6, 6.07) is 6.66. The monoisotopic (exact) mass is 452 g/mol. The van der Waals surface area contributed by atoms with Gasteiger partial charge >= 0.3 is 5.97 Å². The molecule has 1 aliphatic rings. The first-order chi connectivity index (χ1) is 16.0. The molecule has 9 nitrogen and oxygen atoms in total. The Bertz CT molecular complexity index is 1120. The summed E-state index contributed by atoms with van der Waals surface area (Å²) in [5.41, 5.74) is 4.39. The number of carbonyl (C=O) groups excluding carboxylic acids is 1. The number of hydrogen-bond donors (Lipinski definition) is 1. The van der Waals surface area contributed by atoms with Gasteiger partial charge in [-0.25, -0.2) is 9.78 Å². The highest BCUT2D eigenvalue weighted by Gasteiger charge is 2.23. The third-order valence-corrected chi connectivity index (χ3v) is 5.94. The third kappa shape index (κ3) is 5.24. The van der Waals surface area contributed by atoms with Crippen LogP contribution in [-0.4, -0.2) is 71.9 Å². The second kappa shape index (κ2) is 10.2. The van der Waals surface area contributed by atoms with E-state index in [1.807, 2.05) is 0 Å². The van der Waals surface area contributed by atoms with Crippen molar-refractivity contribution in [2.45, 2.75) is 34.1 Å². The Morgan fingerprint density at radius 2 is 1.94 bits per heavy atom. The fraction of sp³-hybridized carbons (Fsp3) is 0.500. The van der Waals surface area contributed by atoms with E-state index in [9.17, 15) is 4.79 Å². The van der Waals surface area contributed by atoms with Crippen LogP contribution in [0, 0.1) is 20.8 Å². The Kier molecular flexibility index (Phi) is 7.08. The van der Waals surface area contributed by atoms with Crippen molar-refractivity contribution in [3.8, 4) is 0 Å². The summed E-state index contributed by atoms with van der Waals surface area (Å²) in [6.07, 6.45) is 0.952. The number of ether oxygens (including phenoxy) is 1. The first-order valence-corrected chi connectivity index (χ1v) is 11.6. The van der Waals surface area contributed by atoms with Gasteiger partial charge in [0, 0.05) is 38.4 Å².